The molecule has 0 saturated heterocycles. The fourth-order valence-corrected chi connectivity index (χ4v) is 7.80. The predicted octanol–water partition coefficient (Wildman–Crippen LogP) is 3.57. The SMILES string of the molecule is C[C@@]12C(=C[C@@H](O)C[C@H]1c1cccnc1)CC[C@@H]1[C@@H]2CC[C@]2(C)[C@H](O)CC[C@]12O. The average molecular weight is 384 g/mol. The van der Waals surface area contributed by atoms with Gasteiger partial charge >= 0.3 is 0 Å². The molecular weight excluding hydrogens is 350 g/mol. The second-order valence-corrected chi connectivity index (χ2v) is 10.3. The lowest BCUT2D eigenvalue weighted by molar-refractivity contribution is -0.195. The topological polar surface area (TPSA) is 73.6 Å². The Balaban J connectivity index is 1.60. The molecule has 4 aliphatic rings. The number of fused-ring (bicyclic) bond motifs is 5. The van der Waals surface area contributed by atoms with Crippen molar-refractivity contribution >= 4 is 0 Å². The maximum Gasteiger partial charge on any atom is 0.0757 e. The van der Waals surface area contributed by atoms with Crippen molar-refractivity contribution in [1.82, 2.24) is 4.98 Å². The quantitative estimate of drug-likeness (QED) is 0.648. The summed E-state index contributed by atoms with van der Waals surface area (Å²) in [4.78, 5) is 4.36. The number of hydrogen-bond donors (Lipinski definition) is 3. The van der Waals surface area contributed by atoms with Gasteiger partial charge in [-0.2, -0.15) is 0 Å². The van der Waals surface area contributed by atoms with Gasteiger partial charge in [0, 0.05) is 17.8 Å². The van der Waals surface area contributed by atoms with Crippen LogP contribution in [0.2, 0.25) is 0 Å². The first kappa shape index (κ1) is 18.8. The molecule has 4 nitrogen and oxygen atoms in total. The molecule has 152 valence electrons. The number of rotatable bonds is 1. The first-order chi connectivity index (χ1) is 13.3. The monoisotopic (exact) mass is 383 g/mol. The van der Waals surface area contributed by atoms with Gasteiger partial charge in [-0.25, -0.2) is 0 Å². The van der Waals surface area contributed by atoms with E-state index in [1.54, 1.807) is 6.20 Å². The molecule has 5 rings (SSSR count). The third-order valence-corrected chi connectivity index (χ3v) is 9.47. The standard InChI is InChI=1S/C24H33NO3/c1-22-9-7-18-19(24(22,28)10-8-21(22)27)6-5-16-12-17(26)13-20(23(16,18)2)15-4-3-11-25-14-15/h3-4,11-12,14,17-21,26-28H,5-10,13H2,1-2H3/t17-,18+,19-,20+,21-,22-,23+,24+/m1/s1. The highest BCUT2D eigenvalue weighted by atomic mass is 16.3. The molecule has 28 heavy (non-hydrogen) atoms. The lowest BCUT2D eigenvalue weighted by Crippen LogP contribution is -2.62. The fourth-order valence-electron chi connectivity index (χ4n) is 7.80. The van der Waals surface area contributed by atoms with Crippen molar-refractivity contribution in [3.8, 4) is 0 Å². The van der Waals surface area contributed by atoms with E-state index in [1.807, 2.05) is 12.3 Å². The van der Waals surface area contributed by atoms with Crippen LogP contribution in [0.3, 0.4) is 0 Å². The van der Waals surface area contributed by atoms with Crippen LogP contribution in [0.5, 0.6) is 0 Å². The van der Waals surface area contributed by atoms with Crippen molar-refractivity contribution < 1.29 is 15.3 Å². The number of allylic oxidation sites excluding steroid dienone is 1. The van der Waals surface area contributed by atoms with Crippen LogP contribution in [0.1, 0.15) is 70.3 Å². The number of aliphatic hydroxyl groups excluding tert-OH is 2. The summed E-state index contributed by atoms with van der Waals surface area (Å²) in [5, 5.41) is 33.2. The molecule has 1 aromatic rings. The molecule has 3 N–H and O–H groups in total. The summed E-state index contributed by atoms with van der Waals surface area (Å²) in [5.41, 5.74) is 1.33. The number of hydrogen-bond acceptors (Lipinski definition) is 4. The lowest BCUT2D eigenvalue weighted by Gasteiger charge is -2.63. The number of pyridine rings is 1. The highest BCUT2D eigenvalue weighted by Crippen LogP contribution is 2.69. The van der Waals surface area contributed by atoms with E-state index in [-0.39, 0.29) is 22.7 Å². The number of aromatic nitrogens is 1. The lowest BCUT2D eigenvalue weighted by atomic mass is 9.43. The Morgan fingerprint density at radius 2 is 1.89 bits per heavy atom. The van der Waals surface area contributed by atoms with Gasteiger partial charge in [0.15, 0.2) is 0 Å². The maximum absolute atomic E-state index is 11.9. The molecule has 1 heterocycles. The molecule has 1 aromatic heterocycles. The van der Waals surface area contributed by atoms with Crippen LogP contribution in [0.15, 0.2) is 36.2 Å². The second-order valence-electron chi connectivity index (χ2n) is 10.3. The third-order valence-electron chi connectivity index (χ3n) is 9.47. The van der Waals surface area contributed by atoms with Gasteiger partial charge in [0.1, 0.15) is 0 Å². The van der Waals surface area contributed by atoms with Crippen LogP contribution in [0.25, 0.3) is 0 Å². The van der Waals surface area contributed by atoms with Gasteiger partial charge < -0.3 is 15.3 Å². The molecule has 3 fully saturated rings. The van der Waals surface area contributed by atoms with Crippen LogP contribution in [-0.4, -0.2) is 38.1 Å². The molecule has 0 amide bonds. The minimum Gasteiger partial charge on any atom is -0.392 e. The van der Waals surface area contributed by atoms with Crippen molar-refractivity contribution in [3.05, 3.63) is 41.7 Å². The van der Waals surface area contributed by atoms with Crippen LogP contribution in [0.4, 0.5) is 0 Å². The largest absolute Gasteiger partial charge is 0.392 e. The summed E-state index contributed by atoms with van der Waals surface area (Å²) < 4.78 is 0. The van der Waals surface area contributed by atoms with E-state index in [1.165, 1.54) is 11.1 Å². The van der Waals surface area contributed by atoms with E-state index in [2.05, 4.69) is 31.0 Å². The molecule has 3 saturated carbocycles. The Kier molecular flexibility index (Phi) is 4.11. The summed E-state index contributed by atoms with van der Waals surface area (Å²) in [7, 11) is 0. The molecule has 4 aliphatic carbocycles. The van der Waals surface area contributed by atoms with E-state index < -0.39 is 17.8 Å². The van der Waals surface area contributed by atoms with Gasteiger partial charge in [0.05, 0.1) is 17.8 Å². The predicted molar refractivity (Wildman–Crippen MR) is 108 cm³/mol. The smallest absolute Gasteiger partial charge is 0.0757 e. The Morgan fingerprint density at radius 1 is 1.07 bits per heavy atom. The van der Waals surface area contributed by atoms with Gasteiger partial charge in [0.2, 0.25) is 0 Å². The zero-order valence-corrected chi connectivity index (χ0v) is 17.0. The summed E-state index contributed by atoms with van der Waals surface area (Å²) >= 11 is 0. The van der Waals surface area contributed by atoms with Crippen molar-refractivity contribution in [2.24, 2.45) is 22.7 Å². The third kappa shape index (κ3) is 2.26. The first-order valence-corrected chi connectivity index (χ1v) is 11.0. The highest BCUT2D eigenvalue weighted by molar-refractivity contribution is 5.35. The normalized spacial score (nSPS) is 50.3. The van der Waals surface area contributed by atoms with E-state index in [0.717, 1.165) is 25.7 Å². The van der Waals surface area contributed by atoms with Crippen molar-refractivity contribution in [3.63, 3.8) is 0 Å². The zero-order chi connectivity index (χ0) is 19.7. The highest BCUT2D eigenvalue weighted by Gasteiger charge is 2.67. The van der Waals surface area contributed by atoms with Gasteiger partial charge in [-0.1, -0.05) is 31.6 Å². The molecule has 8 atom stereocenters. The zero-order valence-electron chi connectivity index (χ0n) is 17.0. The minimum absolute atomic E-state index is 0.0736. The Morgan fingerprint density at radius 3 is 2.64 bits per heavy atom. The van der Waals surface area contributed by atoms with E-state index in [9.17, 15) is 15.3 Å². The van der Waals surface area contributed by atoms with Gasteiger partial charge in [-0.3, -0.25) is 4.98 Å². The molecule has 0 bridgehead atoms. The minimum atomic E-state index is -0.778. The molecule has 0 aromatic carbocycles. The molecular formula is C24H33NO3. The number of nitrogens with zero attached hydrogens (tertiary/aromatic N) is 1. The molecule has 0 unspecified atom stereocenters. The van der Waals surface area contributed by atoms with Crippen molar-refractivity contribution in [2.75, 3.05) is 0 Å². The average Bonchev–Trinajstić information content (AvgIpc) is 2.93. The van der Waals surface area contributed by atoms with Crippen LogP contribution >= 0.6 is 0 Å². The summed E-state index contributed by atoms with van der Waals surface area (Å²) in [6.45, 7) is 4.48. The Labute approximate surface area is 167 Å². The van der Waals surface area contributed by atoms with Crippen molar-refractivity contribution in [1.29, 1.82) is 0 Å². The maximum atomic E-state index is 11.9. The van der Waals surface area contributed by atoms with E-state index in [0.29, 0.717) is 25.2 Å². The first-order valence-electron chi connectivity index (χ1n) is 11.0. The van der Waals surface area contributed by atoms with Gasteiger partial charge in [-0.15, -0.1) is 0 Å². The molecule has 0 aliphatic heterocycles. The Hall–Kier alpha value is -1.23. The second kappa shape index (κ2) is 6.13. The van der Waals surface area contributed by atoms with Gasteiger partial charge in [-0.05, 0) is 79.7 Å². The van der Waals surface area contributed by atoms with Crippen molar-refractivity contribution in [2.45, 2.75) is 82.5 Å². The fraction of sp³-hybridized carbons (Fsp3) is 0.708. The van der Waals surface area contributed by atoms with Crippen LogP contribution in [0, 0.1) is 22.7 Å². The Bertz CT molecular complexity index is 794. The summed E-state index contributed by atoms with van der Waals surface area (Å²) in [6, 6.07) is 4.13. The number of aliphatic hydroxyl groups is 3. The van der Waals surface area contributed by atoms with Gasteiger partial charge in [0.25, 0.3) is 0 Å². The molecule has 0 radical (unpaired) electrons. The van der Waals surface area contributed by atoms with Crippen LogP contribution < -0.4 is 0 Å². The molecule has 4 heteroatoms. The van der Waals surface area contributed by atoms with E-state index in [4.69, 9.17) is 0 Å². The molecule has 0 spiro atoms. The summed E-state index contributed by atoms with van der Waals surface area (Å²) in [6.07, 6.45) is 11.0. The van der Waals surface area contributed by atoms with Crippen LogP contribution in [-0.2, 0) is 0 Å². The van der Waals surface area contributed by atoms with E-state index >= 15 is 0 Å². The summed E-state index contributed by atoms with van der Waals surface area (Å²) in [5.74, 6) is 0.789.